The van der Waals surface area contributed by atoms with Gasteiger partial charge in [0, 0.05) is 31.6 Å². The number of aromatic hydroxyl groups is 1. The van der Waals surface area contributed by atoms with Gasteiger partial charge in [0.05, 0.1) is 0 Å². The quantitative estimate of drug-likeness (QED) is 0.851. The molecule has 2 aromatic carbocycles. The zero-order chi connectivity index (χ0) is 17.6. The van der Waals surface area contributed by atoms with Crippen LogP contribution in [0.3, 0.4) is 0 Å². The molecular weight excluding hydrogens is 312 g/mol. The number of phenolic OH excluding ortho intramolecular Hbond substituents is 1. The van der Waals surface area contributed by atoms with Gasteiger partial charge in [-0.15, -0.1) is 0 Å². The van der Waals surface area contributed by atoms with Gasteiger partial charge < -0.3 is 10.4 Å². The van der Waals surface area contributed by atoms with E-state index in [1.54, 1.807) is 12.1 Å². The molecule has 4 heteroatoms. The van der Waals surface area contributed by atoms with Crippen LogP contribution in [-0.4, -0.2) is 34.5 Å². The standard InChI is InChI=1S/C21H26N2O2/c1-16-13-19(15-23(16)14-18-5-3-2-4-6-18)22-21(25)12-9-17-7-10-20(24)11-8-17/h2-8,10-11,16,19,24H,9,12-15H2,1H3,(H,22,25)/t16-,19+/m1/s1. The molecule has 4 nitrogen and oxygen atoms in total. The molecule has 0 aliphatic carbocycles. The minimum Gasteiger partial charge on any atom is -0.508 e. The van der Waals surface area contributed by atoms with Crippen LogP contribution < -0.4 is 5.32 Å². The predicted molar refractivity (Wildman–Crippen MR) is 99.3 cm³/mol. The first-order valence-corrected chi connectivity index (χ1v) is 8.95. The number of amides is 1. The van der Waals surface area contributed by atoms with Gasteiger partial charge >= 0.3 is 0 Å². The highest BCUT2D eigenvalue weighted by Gasteiger charge is 2.29. The molecule has 0 saturated carbocycles. The minimum absolute atomic E-state index is 0.104. The van der Waals surface area contributed by atoms with Crippen molar-refractivity contribution in [3.8, 4) is 5.75 Å². The number of rotatable bonds is 6. The Morgan fingerprint density at radius 1 is 1.12 bits per heavy atom. The summed E-state index contributed by atoms with van der Waals surface area (Å²) in [5.41, 5.74) is 2.38. The van der Waals surface area contributed by atoms with E-state index in [0.717, 1.165) is 25.1 Å². The third kappa shape index (κ3) is 5.07. The number of nitrogens with one attached hydrogen (secondary N) is 1. The van der Waals surface area contributed by atoms with E-state index >= 15 is 0 Å². The van der Waals surface area contributed by atoms with Crippen LogP contribution >= 0.6 is 0 Å². The van der Waals surface area contributed by atoms with Crippen LogP contribution in [0.15, 0.2) is 54.6 Å². The van der Waals surface area contributed by atoms with Crippen LogP contribution in [0.1, 0.15) is 30.9 Å². The molecule has 0 radical (unpaired) electrons. The average Bonchev–Trinajstić information content (AvgIpc) is 2.94. The van der Waals surface area contributed by atoms with Crippen LogP contribution in [0.5, 0.6) is 5.75 Å². The molecule has 0 aromatic heterocycles. The average molecular weight is 338 g/mol. The Hall–Kier alpha value is -2.33. The molecular formula is C21H26N2O2. The molecule has 1 aliphatic rings. The van der Waals surface area contributed by atoms with Gasteiger partial charge in [0.25, 0.3) is 0 Å². The number of phenols is 1. The van der Waals surface area contributed by atoms with E-state index < -0.39 is 0 Å². The van der Waals surface area contributed by atoms with Gasteiger partial charge in [0.15, 0.2) is 0 Å². The molecule has 1 fully saturated rings. The molecule has 2 atom stereocenters. The molecule has 1 amide bonds. The van der Waals surface area contributed by atoms with E-state index in [1.165, 1.54) is 5.56 Å². The van der Waals surface area contributed by atoms with Crippen molar-refractivity contribution in [2.24, 2.45) is 0 Å². The molecule has 1 aliphatic heterocycles. The molecule has 25 heavy (non-hydrogen) atoms. The summed E-state index contributed by atoms with van der Waals surface area (Å²) in [5.74, 6) is 0.360. The fourth-order valence-electron chi connectivity index (χ4n) is 3.46. The van der Waals surface area contributed by atoms with Crippen molar-refractivity contribution < 1.29 is 9.90 Å². The van der Waals surface area contributed by atoms with Crippen molar-refractivity contribution in [1.29, 1.82) is 0 Å². The molecule has 0 spiro atoms. The normalized spacial score (nSPS) is 20.5. The topological polar surface area (TPSA) is 52.6 Å². The van der Waals surface area contributed by atoms with Crippen LogP contribution in [-0.2, 0) is 17.8 Å². The first-order chi connectivity index (χ1) is 12.1. The molecule has 1 heterocycles. The smallest absolute Gasteiger partial charge is 0.220 e. The lowest BCUT2D eigenvalue weighted by molar-refractivity contribution is -0.121. The van der Waals surface area contributed by atoms with Crippen molar-refractivity contribution in [3.63, 3.8) is 0 Å². The predicted octanol–water partition coefficient (Wildman–Crippen LogP) is 3.10. The molecule has 2 N–H and O–H groups in total. The van der Waals surface area contributed by atoms with Gasteiger partial charge in [0.2, 0.25) is 5.91 Å². The summed E-state index contributed by atoms with van der Waals surface area (Å²) in [5, 5.41) is 12.5. The fourth-order valence-corrected chi connectivity index (χ4v) is 3.46. The Balaban J connectivity index is 1.45. The summed E-state index contributed by atoms with van der Waals surface area (Å²) in [6.07, 6.45) is 2.17. The van der Waals surface area contributed by atoms with Crippen molar-refractivity contribution in [3.05, 3.63) is 65.7 Å². The number of carbonyl (C=O) groups excluding carboxylic acids is 1. The summed E-state index contributed by atoms with van der Waals surface area (Å²) in [4.78, 5) is 14.7. The van der Waals surface area contributed by atoms with Crippen molar-refractivity contribution >= 4 is 5.91 Å². The van der Waals surface area contributed by atoms with E-state index in [4.69, 9.17) is 0 Å². The molecule has 0 unspecified atom stereocenters. The second kappa shape index (κ2) is 8.17. The molecule has 3 rings (SSSR count). The van der Waals surface area contributed by atoms with Gasteiger partial charge in [-0.2, -0.15) is 0 Å². The monoisotopic (exact) mass is 338 g/mol. The largest absolute Gasteiger partial charge is 0.508 e. The Morgan fingerprint density at radius 2 is 1.84 bits per heavy atom. The zero-order valence-electron chi connectivity index (χ0n) is 14.7. The number of hydrogen-bond acceptors (Lipinski definition) is 3. The Bertz CT molecular complexity index is 685. The Labute approximate surface area is 149 Å². The maximum Gasteiger partial charge on any atom is 0.220 e. The lowest BCUT2D eigenvalue weighted by Crippen LogP contribution is -2.37. The summed E-state index contributed by atoms with van der Waals surface area (Å²) >= 11 is 0. The van der Waals surface area contributed by atoms with Gasteiger partial charge in [-0.3, -0.25) is 9.69 Å². The van der Waals surface area contributed by atoms with Gasteiger partial charge in [-0.05, 0) is 43.0 Å². The number of aryl methyl sites for hydroxylation is 1. The fraction of sp³-hybridized carbons (Fsp3) is 0.381. The van der Waals surface area contributed by atoms with Crippen molar-refractivity contribution in [2.75, 3.05) is 6.54 Å². The van der Waals surface area contributed by atoms with Crippen LogP contribution in [0.2, 0.25) is 0 Å². The lowest BCUT2D eigenvalue weighted by Gasteiger charge is -2.20. The third-order valence-electron chi connectivity index (χ3n) is 4.87. The molecule has 0 bridgehead atoms. The maximum absolute atomic E-state index is 12.2. The third-order valence-corrected chi connectivity index (χ3v) is 4.87. The molecule has 132 valence electrons. The Kier molecular flexibility index (Phi) is 5.71. The summed E-state index contributed by atoms with van der Waals surface area (Å²) in [6, 6.07) is 18.2. The van der Waals surface area contributed by atoms with E-state index in [0.29, 0.717) is 18.9 Å². The first-order valence-electron chi connectivity index (χ1n) is 8.95. The van der Waals surface area contributed by atoms with E-state index in [2.05, 4.69) is 41.4 Å². The van der Waals surface area contributed by atoms with Crippen LogP contribution in [0.4, 0.5) is 0 Å². The Morgan fingerprint density at radius 3 is 2.56 bits per heavy atom. The van der Waals surface area contributed by atoms with Crippen LogP contribution in [0, 0.1) is 0 Å². The number of carbonyl (C=O) groups is 1. The maximum atomic E-state index is 12.2. The van der Waals surface area contributed by atoms with E-state index in [9.17, 15) is 9.90 Å². The highest BCUT2D eigenvalue weighted by Crippen LogP contribution is 2.20. The highest BCUT2D eigenvalue weighted by molar-refractivity contribution is 5.76. The SMILES string of the molecule is C[C@@H]1C[C@H](NC(=O)CCc2ccc(O)cc2)CN1Cc1ccccc1. The van der Waals surface area contributed by atoms with Gasteiger partial charge in [-0.25, -0.2) is 0 Å². The number of benzene rings is 2. The number of hydrogen-bond donors (Lipinski definition) is 2. The van der Waals surface area contributed by atoms with Crippen molar-refractivity contribution in [1.82, 2.24) is 10.2 Å². The highest BCUT2D eigenvalue weighted by atomic mass is 16.3. The van der Waals surface area contributed by atoms with E-state index in [-0.39, 0.29) is 17.7 Å². The summed E-state index contributed by atoms with van der Waals surface area (Å²) < 4.78 is 0. The zero-order valence-corrected chi connectivity index (χ0v) is 14.7. The van der Waals surface area contributed by atoms with Crippen molar-refractivity contribution in [2.45, 2.75) is 44.8 Å². The molecule has 1 saturated heterocycles. The second-order valence-corrected chi connectivity index (χ2v) is 6.93. The second-order valence-electron chi connectivity index (χ2n) is 6.93. The van der Waals surface area contributed by atoms with Gasteiger partial charge in [-0.1, -0.05) is 42.5 Å². The number of likely N-dealkylation sites (tertiary alicyclic amines) is 1. The summed E-state index contributed by atoms with van der Waals surface area (Å²) in [6.45, 7) is 4.06. The van der Waals surface area contributed by atoms with E-state index in [1.807, 2.05) is 18.2 Å². The first kappa shape index (κ1) is 17.5. The minimum atomic E-state index is 0.104. The summed E-state index contributed by atoms with van der Waals surface area (Å²) in [7, 11) is 0. The van der Waals surface area contributed by atoms with Gasteiger partial charge in [0.1, 0.15) is 5.75 Å². The number of nitrogens with zero attached hydrogens (tertiary/aromatic N) is 1. The van der Waals surface area contributed by atoms with Crippen LogP contribution in [0.25, 0.3) is 0 Å². The lowest BCUT2D eigenvalue weighted by atomic mass is 10.1. The molecule has 2 aromatic rings.